The Morgan fingerprint density at radius 3 is 2.29 bits per heavy atom. The lowest BCUT2D eigenvalue weighted by Crippen LogP contribution is -2.52. The number of rotatable bonds is 5. The van der Waals surface area contributed by atoms with Gasteiger partial charge in [-0.1, -0.05) is 26.7 Å². The average molecular weight is 241 g/mol. The van der Waals surface area contributed by atoms with E-state index >= 15 is 0 Å². The molecule has 0 aromatic carbocycles. The van der Waals surface area contributed by atoms with Crippen molar-refractivity contribution in [3.63, 3.8) is 0 Å². The Kier molecular flexibility index (Phi) is 4.54. The largest absolute Gasteiger partial charge is 0.481 e. The predicted octanol–water partition coefficient (Wildman–Crippen LogP) is 2.18. The van der Waals surface area contributed by atoms with Gasteiger partial charge in [0.15, 0.2) is 0 Å². The first kappa shape index (κ1) is 14.0. The molecule has 0 radical (unpaired) electrons. The second-order valence-corrected chi connectivity index (χ2v) is 5.61. The van der Waals surface area contributed by atoms with Gasteiger partial charge in [0, 0.05) is 11.5 Å². The van der Waals surface area contributed by atoms with Crippen LogP contribution in [0.2, 0.25) is 0 Å². The van der Waals surface area contributed by atoms with E-state index in [1.165, 1.54) is 0 Å². The Hall–Kier alpha value is -1.06. The average Bonchev–Trinajstić information content (AvgIpc) is 2.68. The highest BCUT2D eigenvalue weighted by Gasteiger charge is 2.35. The van der Waals surface area contributed by atoms with Crippen LogP contribution in [0.4, 0.5) is 0 Å². The SMILES string of the molecule is CC(C)C(C)(CC(=O)O)NC(=O)C1CCCC1. The minimum atomic E-state index is -0.868. The molecule has 4 nitrogen and oxygen atoms in total. The van der Waals surface area contributed by atoms with E-state index in [1.807, 2.05) is 20.8 Å². The highest BCUT2D eigenvalue weighted by atomic mass is 16.4. The fraction of sp³-hybridized carbons (Fsp3) is 0.846. The third-order valence-corrected chi connectivity index (χ3v) is 3.93. The molecule has 0 aromatic heterocycles. The van der Waals surface area contributed by atoms with Crippen molar-refractivity contribution in [3.8, 4) is 0 Å². The number of amides is 1. The Morgan fingerprint density at radius 2 is 1.88 bits per heavy atom. The van der Waals surface area contributed by atoms with E-state index in [-0.39, 0.29) is 24.2 Å². The van der Waals surface area contributed by atoms with Crippen LogP contribution >= 0.6 is 0 Å². The van der Waals surface area contributed by atoms with Gasteiger partial charge in [-0.15, -0.1) is 0 Å². The minimum absolute atomic E-state index is 0.0247. The molecule has 4 heteroatoms. The Morgan fingerprint density at radius 1 is 1.35 bits per heavy atom. The molecule has 0 aromatic rings. The Labute approximate surface area is 103 Å². The third kappa shape index (κ3) is 3.72. The maximum atomic E-state index is 12.0. The number of hydrogen-bond acceptors (Lipinski definition) is 2. The summed E-state index contributed by atoms with van der Waals surface area (Å²) in [6.07, 6.45) is 4.06. The summed E-state index contributed by atoms with van der Waals surface area (Å²) < 4.78 is 0. The molecule has 1 rings (SSSR count). The van der Waals surface area contributed by atoms with Crippen molar-refractivity contribution in [2.45, 2.75) is 58.4 Å². The Balaban J connectivity index is 2.65. The van der Waals surface area contributed by atoms with Crippen molar-refractivity contribution < 1.29 is 14.7 Å². The van der Waals surface area contributed by atoms with Gasteiger partial charge in [-0.3, -0.25) is 9.59 Å². The number of carbonyl (C=O) groups is 2. The van der Waals surface area contributed by atoms with Crippen LogP contribution in [0.5, 0.6) is 0 Å². The lowest BCUT2D eigenvalue weighted by Gasteiger charge is -2.34. The van der Waals surface area contributed by atoms with Crippen molar-refractivity contribution >= 4 is 11.9 Å². The summed E-state index contributed by atoms with van der Waals surface area (Å²) in [6.45, 7) is 5.70. The maximum Gasteiger partial charge on any atom is 0.305 e. The number of carboxylic acids is 1. The van der Waals surface area contributed by atoms with Crippen molar-refractivity contribution in [1.29, 1.82) is 0 Å². The summed E-state index contributed by atoms with van der Waals surface area (Å²) in [5, 5.41) is 11.9. The minimum Gasteiger partial charge on any atom is -0.481 e. The molecule has 1 aliphatic carbocycles. The number of carboxylic acid groups (broad SMARTS) is 1. The quantitative estimate of drug-likeness (QED) is 0.775. The standard InChI is InChI=1S/C13H23NO3/c1-9(2)13(3,8-11(15)16)14-12(17)10-6-4-5-7-10/h9-10H,4-8H2,1-3H3,(H,14,17)(H,15,16). The first-order valence-electron chi connectivity index (χ1n) is 6.39. The van der Waals surface area contributed by atoms with E-state index in [2.05, 4.69) is 5.32 Å². The highest BCUT2D eigenvalue weighted by Crippen LogP contribution is 2.27. The van der Waals surface area contributed by atoms with E-state index in [0.29, 0.717) is 0 Å². The molecule has 0 spiro atoms. The molecule has 0 aliphatic heterocycles. The van der Waals surface area contributed by atoms with Gasteiger partial charge in [0.2, 0.25) is 5.91 Å². The number of carbonyl (C=O) groups excluding carboxylic acids is 1. The molecule has 1 unspecified atom stereocenters. The van der Waals surface area contributed by atoms with Gasteiger partial charge in [-0.25, -0.2) is 0 Å². The van der Waals surface area contributed by atoms with Crippen LogP contribution in [0, 0.1) is 11.8 Å². The second kappa shape index (κ2) is 5.52. The molecule has 1 aliphatic rings. The van der Waals surface area contributed by atoms with Crippen LogP contribution in [0.3, 0.4) is 0 Å². The molecule has 0 bridgehead atoms. The summed E-state index contributed by atoms with van der Waals surface area (Å²) in [7, 11) is 0. The summed E-state index contributed by atoms with van der Waals surface area (Å²) in [4.78, 5) is 22.9. The van der Waals surface area contributed by atoms with Gasteiger partial charge in [0.05, 0.1) is 6.42 Å². The highest BCUT2D eigenvalue weighted by molar-refractivity contribution is 5.80. The third-order valence-electron chi connectivity index (χ3n) is 3.93. The van der Waals surface area contributed by atoms with Crippen molar-refractivity contribution in [2.75, 3.05) is 0 Å². The van der Waals surface area contributed by atoms with Crippen LogP contribution in [0.25, 0.3) is 0 Å². The molecule has 0 saturated heterocycles. The summed E-state index contributed by atoms with van der Waals surface area (Å²) in [5.41, 5.74) is -0.647. The van der Waals surface area contributed by atoms with Crippen LogP contribution in [-0.4, -0.2) is 22.5 Å². The van der Waals surface area contributed by atoms with Crippen molar-refractivity contribution in [3.05, 3.63) is 0 Å². The van der Waals surface area contributed by atoms with Gasteiger partial charge in [-0.2, -0.15) is 0 Å². The van der Waals surface area contributed by atoms with Crippen LogP contribution in [0.15, 0.2) is 0 Å². The van der Waals surface area contributed by atoms with Crippen molar-refractivity contribution in [2.24, 2.45) is 11.8 Å². The first-order chi connectivity index (χ1) is 7.85. The van der Waals surface area contributed by atoms with Gasteiger partial charge in [-0.05, 0) is 25.7 Å². The molecule has 1 atom stereocenters. The molecule has 2 N–H and O–H groups in total. The lowest BCUT2D eigenvalue weighted by molar-refractivity contribution is -0.139. The second-order valence-electron chi connectivity index (χ2n) is 5.61. The zero-order chi connectivity index (χ0) is 13.1. The van der Waals surface area contributed by atoms with Crippen LogP contribution in [0.1, 0.15) is 52.9 Å². The molecule has 98 valence electrons. The van der Waals surface area contributed by atoms with Crippen LogP contribution in [-0.2, 0) is 9.59 Å². The number of hydrogen-bond donors (Lipinski definition) is 2. The van der Waals surface area contributed by atoms with E-state index in [0.717, 1.165) is 25.7 Å². The zero-order valence-electron chi connectivity index (χ0n) is 11.0. The molecular formula is C13H23NO3. The topological polar surface area (TPSA) is 66.4 Å². The Bertz CT molecular complexity index is 295. The van der Waals surface area contributed by atoms with E-state index < -0.39 is 11.5 Å². The smallest absolute Gasteiger partial charge is 0.305 e. The molecule has 0 heterocycles. The van der Waals surface area contributed by atoms with E-state index in [9.17, 15) is 9.59 Å². The monoisotopic (exact) mass is 241 g/mol. The van der Waals surface area contributed by atoms with E-state index in [1.54, 1.807) is 0 Å². The van der Waals surface area contributed by atoms with Crippen LogP contribution < -0.4 is 5.32 Å². The zero-order valence-corrected chi connectivity index (χ0v) is 11.0. The van der Waals surface area contributed by atoms with Gasteiger partial charge in [0.1, 0.15) is 0 Å². The molecule has 1 amide bonds. The summed E-state index contributed by atoms with van der Waals surface area (Å²) >= 11 is 0. The molecule has 1 saturated carbocycles. The maximum absolute atomic E-state index is 12.0. The lowest BCUT2D eigenvalue weighted by atomic mass is 9.84. The first-order valence-corrected chi connectivity index (χ1v) is 6.39. The summed E-state index contributed by atoms with van der Waals surface area (Å²) in [5.74, 6) is -0.654. The van der Waals surface area contributed by atoms with E-state index in [4.69, 9.17) is 5.11 Å². The van der Waals surface area contributed by atoms with Gasteiger partial charge < -0.3 is 10.4 Å². The predicted molar refractivity (Wildman–Crippen MR) is 65.6 cm³/mol. The van der Waals surface area contributed by atoms with Gasteiger partial charge >= 0.3 is 5.97 Å². The fourth-order valence-corrected chi connectivity index (χ4v) is 2.28. The number of aliphatic carboxylic acids is 1. The molecule has 1 fully saturated rings. The van der Waals surface area contributed by atoms with Gasteiger partial charge in [0.25, 0.3) is 0 Å². The fourth-order valence-electron chi connectivity index (χ4n) is 2.28. The van der Waals surface area contributed by atoms with Crippen molar-refractivity contribution in [1.82, 2.24) is 5.32 Å². The number of nitrogens with one attached hydrogen (secondary N) is 1. The normalized spacial score (nSPS) is 20.2. The molecular weight excluding hydrogens is 218 g/mol. The molecule has 17 heavy (non-hydrogen) atoms. The summed E-state index contributed by atoms with van der Waals surface area (Å²) in [6, 6.07) is 0.